The van der Waals surface area contributed by atoms with Crippen molar-refractivity contribution in [2.75, 3.05) is 0 Å². The van der Waals surface area contributed by atoms with Gasteiger partial charge in [0, 0.05) is 11.8 Å². The van der Waals surface area contributed by atoms with Gasteiger partial charge in [0.15, 0.2) is 0 Å². The van der Waals surface area contributed by atoms with Crippen molar-refractivity contribution < 1.29 is 0 Å². The minimum Gasteiger partial charge on any atom is -0.267 e. The molecule has 82 valence electrons. The Morgan fingerprint density at radius 3 is 2.75 bits per heavy atom. The van der Waals surface area contributed by atoms with Crippen molar-refractivity contribution in [2.24, 2.45) is 0 Å². The number of fused-ring (bicyclic) bond motifs is 1. The number of nitrogens with zero attached hydrogens (tertiary/aromatic N) is 1. The molecule has 0 atom stereocenters. The van der Waals surface area contributed by atoms with Gasteiger partial charge in [-0.05, 0) is 19.9 Å². The lowest BCUT2D eigenvalue weighted by Gasteiger charge is -2.04. The number of rotatable bonds is 2. The Balaban J connectivity index is 2.63. The molecule has 0 fully saturated rings. The van der Waals surface area contributed by atoms with Gasteiger partial charge in [0.05, 0.1) is 11.1 Å². The van der Waals surface area contributed by atoms with Gasteiger partial charge in [-0.3, -0.25) is 4.79 Å². The molecule has 0 aliphatic heterocycles. The number of nitrogens with one attached hydrogen (secondary N) is 1. The Hall–Kier alpha value is -1.90. The first-order chi connectivity index (χ1) is 7.72. The van der Waals surface area contributed by atoms with Crippen molar-refractivity contribution in [3.63, 3.8) is 0 Å². The van der Waals surface area contributed by atoms with Crippen LogP contribution in [0, 0.1) is 0 Å². The zero-order valence-electron chi connectivity index (χ0n) is 9.45. The van der Waals surface area contributed by atoms with Gasteiger partial charge in [-0.15, -0.1) is 0 Å². The lowest BCUT2D eigenvalue weighted by molar-refractivity contribution is 0.925. The van der Waals surface area contributed by atoms with E-state index < -0.39 is 0 Å². The topological polar surface area (TPSA) is 45.8 Å². The summed E-state index contributed by atoms with van der Waals surface area (Å²) in [7, 11) is 0. The first kappa shape index (κ1) is 10.6. The Kier molecular flexibility index (Phi) is 2.86. The summed E-state index contributed by atoms with van der Waals surface area (Å²) in [4.78, 5) is 11.6. The highest BCUT2D eigenvalue weighted by molar-refractivity contribution is 5.83. The number of aromatic amines is 1. The summed E-state index contributed by atoms with van der Waals surface area (Å²) in [6.07, 6.45) is 2.83. The zero-order chi connectivity index (χ0) is 11.5. The van der Waals surface area contributed by atoms with E-state index in [2.05, 4.69) is 23.2 Å². The molecule has 3 heteroatoms. The Morgan fingerprint density at radius 1 is 1.38 bits per heavy atom. The van der Waals surface area contributed by atoms with E-state index in [-0.39, 0.29) is 5.56 Å². The van der Waals surface area contributed by atoms with Gasteiger partial charge < -0.3 is 0 Å². The largest absolute Gasteiger partial charge is 0.272 e. The molecular formula is C13H14N2O. The summed E-state index contributed by atoms with van der Waals surface area (Å²) in [6.45, 7) is 4.06. The molecule has 1 aromatic heterocycles. The molecule has 0 amide bonds. The summed E-state index contributed by atoms with van der Waals surface area (Å²) in [6, 6.07) is 7.56. The second-order valence-electron chi connectivity index (χ2n) is 3.86. The smallest absolute Gasteiger partial charge is 0.267 e. The molecule has 1 N–H and O–H groups in total. The first-order valence-electron chi connectivity index (χ1n) is 5.30. The lowest BCUT2D eigenvalue weighted by Crippen LogP contribution is -2.11. The van der Waals surface area contributed by atoms with E-state index in [4.69, 9.17) is 0 Å². The van der Waals surface area contributed by atoms with Gasteiger partial charge in [-0.1, -0.05) is 29.8 Å². The second-order valence-corrected chi connectivity index (χ2v) is 3.86. The Morgan fingerprint density at radius 2 is 2.06 bits per heavy atom. The molecule has 3 nitrogen and oxygen atoms in total. The fourth-order valence-electron chi connectivity index (χ4n) is 1.67. The first-order valence-corrected chi connectivity index (χ1v) is 5.30. The predicted octanol–water partition coefficient (Wildman–Crippen LogP) is 2.43. The molecule has 0 aliphatic rings. The van der Waals surface area contributed by atoms with Crippen LogP contribution < -0.4 is 5.56 Å². The van der Waals surface area contributed by atoms with E-state index in [1.165, 1.54) is 5.57 Å². The van der Waals surface area contributed by atoms with Crippen LogP contribution in [0.4, 0.5) is 0 Å². The Bertz CT molecular complexity index is 596. The highest BCUT2D eigenvalue weighted by Crippen LogP contribution is 2.15. The maximum absolute atomic E-state index is 11.6. The molecule has 0 unspecified atom stereocenters. The van der Waals surface area contributed by atoms with E-state index in [0.29, 0.717) is 5.39 Å². The van der Waals surface area contributed by atoms with Gasteiger partial charge in [0.1, 0.15) is 0 Å². The van der Waals surface area contributed by atoms with E-state index in [1.807, 2.05) is 31.2 Å². The molecule has 0 bridgehead atoms. The highest BCUT2D eigenvalue weighted by atomic mass is 16.1. The van der Waals surface area contributed by atoms with Crippen molar-refractivity contribution in [1.29, 1.82) is 0 Å². The number of allylic oxidation sites excluding steroid dienone is 2. The molecule has 0 saturated carbocycles. The minimum absolute atomic E-state index is 0.127. The summed E-state index contributed by atoms with van der Waals surface area (Å²) < 4.78 is 0. The molecule has 1 heterocycles. The van der Waals surface area contributed by atoms with Crippen LogP contribution >= 0.6 is 0 Å². The van der Waals surface area contributed by atoms with Crippen molar-refractivity contribution in [3.05, 3.63) is 52.0 Å². The van der Waals surface area contributed by atoms with Crippen molar-refractivity contribution in [3.8, 4) is 0 Å². The van der Waals surface area contributed by atoms with Crippen LogP contribution in [0.3, 0.4) is 0 Å². The van der Waals surface area contributed by atoms with Gasteiger partial charge in [-0.25, -0.2) is 5.10 Å². The summed E-state index contributed by atoms with van der Waals surface area (Å²) in [5.74, 6) is 0. The van der Waals surface area contributed by atoms with Gasteiger partial charge in [0.2, 0.25) is 0 Å². The van der Waals surface area contributed by atoms with Crippen LogP contribution in [-0.2, 0) is 6.42 Å². The molecule has 0 aliphatic carbocycles. The maximum Gasteiger partial charge on any atom is 0.272 e. The van der Waals surface area contributed by atoms with Crippen LogP contribution in [0.25, 0.3) is 10.8 Å². The fraction of sp³-hybridized carbons (Fsp3) is 0.231. The van der Waals surface area contributed by atoms with Crippen LogP contribution in [0.5, 0.6) is 0 Å². The molecule has 16 heavy (non-hydrogen) atoms. The standard InChI is InChI=1S/C13H14N2O/c1-3-9(2)8-12-10-6-4-5-7-11(10)13(16)15-14-12/h3-7H,8H2,1-2H3,(H,15,16). The van der Waals surface area contributed by atoms with E-state index in [0.717, 1.165) is 17.5 Å². The SMILES string of the molecule is CC=C(C)Cc1n[nH]c(=O)c2ccccc12. The number of hydrogen-bond donors (Lipinski definition) is 1. The summed E-state index contributed by atoms with van der Waals surface area (Å²) in [5.41, 5.74) is 2.04. The average Bonchev–Trinajstić information content (AvgIpc) is 2.33. The summed E-state index contributed by atoms with van der Waals surface area (Å²) in [5, 5.41) is 8.30. The van der Waals surface area contributed by atoms with Gasteiger partial charge >= 0.3 is 0 Å². The number of aromatic nitrogens is 2. The third-order valence-electron chi connectivity index (χ3n) is 2.71. The van der Waals surface area contributed by atoms with Crippen molar-refractivity contribution in [1.82, 2.24) is 10.2 Å². The van der Waals surface area contributed by atoms with E-state index in [9.17, 15) is 4.79 Å². The number of benzene rings is 1. The summed E-state index contributed by atoms with van der Waals surface area (Å²) >= 11 is 0. The molecule has 2 aromatic rings. The molecule has 2 rings (SSSR count). The quantitative estimate of drug-likeness (QED) is 0.780. The van der Waals surface area contributed by atoms with Crippen molar-refractivity contribution >= 4 is 10.8 Å². The maximum atomic E-state index is 11.6. The van der Waals surface area contributed by atoms with Gasteiger partial charge in [-0.2, -0.15) is 5.10 Å². The molecular weight excluding hydrogens is 200 g/mol. The van der Waals surface area contributed by atoms with Gasteiger partial charge in [0.25, 0.3) is 5.56 Å². The normalized spacial score (nSPS) is 12.0. The van der Waals surface area contributed by atoms with E-state index in [1.54, 1.807) is 0 Å². The molecule has 1 aromatic carbocycles. The molecule has 0 radical (unpaired) electrons. The van der Waals surface area contributed by atoms with Crippen LogP contribution in [0.2, 0.25) is 0 Å². The highest BCUT2D eigenvalue weighted by Gasteiger charge is 2.05. The van der Waals surface area contributed by atoms with Crippen molar-refractivity contribution in [2.45, 2.75) is 20.3 Å². The van der Waals surface area contributed by atoms with E-state index >= 15 is 0 Å². The zero-order valence-corrected chi connectivity index (χ0v) is 9.45. The molecule has 0 spiro atoms. The number of H-pyrrole nitrogens is 1. The van der Waals surface area contributed by atoms with Crippen LogP contribution in [-0.4, -0.2) is 10.2 Å². The monoisotopic (exact) mass is 214 g/mol. The van der Waals surface area contributed by atoms with Crippen LogP contribution in [0.15, 0.2) is 40.7 Å². The minimum atomic E-state index is -0.127. The third-order valence-corrected chi connectivity index (χ3v) is 2.71. The molecule has 0 saturated heterocycles. The predicted molar refractivity (Wildman–Crippen MR) is 65.5 cm³/mol. The Labute approximate surface area is 93.8 Å². The number of hydrogen-bond acceptors (Lipinski definition) is 2. The average molecular weight is 214 g/mol. The lowest BCUT2D eigenvalue weighted by atomic mass is 10.1. The van der Waals surface area contributed by atoms with Crippen LogP contribution in [0.1, 0.15) is 19.5 Å². The third kappa shape index (κ3) is 1.89. The fourth-order valence-corrected chi connectivity index (χ4v) is 1.67. The second kappa shape index (κ2) is 4.31.